The van der Waals surface area contributed by atoms with Gasteiger partial charge in [0.15, 0.2) is 6.23 Å². The molecule has 1 saturated heterocycles. The molecule has 0 aliphatic carbocycles. The lowest BCUT2D eigenvalue weighted by Crippen LogP contribution is -2.32. The van der Waals surface area contributed by atoms with Gasteiger partial charge < -0.3 is 19.5 Å². The zero-order valence-electron chi connectivity index (χ0n) is 14.2. The van der Waals surface area contributed by atoms with Crippen LogP contribution in [0.5, 0.6) is 0 Å². The Kier molecular flexibility index (Phi) is 4.78. The monoisotopic (exact) mass is 413 g/mol. The van der Waals surface area contributed by atoms with Crippen molar-refractivity contribution in [1.82, 2.24) is 14.5 Å². The fourth-order valence-electron chi connectivity index (χ4n) is 3.34. The molecule has 0 saturated carbocycles. The number of aliphatic hydroxyl groups is 2. The fourth-order valence-corrected chi connectivity index (χ4v) is 3.53. The topological polar surface area (TPSA) is 80.4 Å². The summed E-state index contributed by atoms with van der Waals surface area (Å²) < 4.78 is 45.4. The second kappa shape index (κ2) is 7.00. The van der Waals surface area contributed by atoms with Gasteiger partial charge in [0.1, 0.15) is 29.3 Å². The molecule has 148 valence electrons. The van der Waals surface area contributed by atoms with E-state index in [9.17, 15) is 23.4 Å². The van der Waals surface area contributed by atoms with Gasteiger partial charge in [0.2, 0.25) is 0 Å². The average molecular weight is 414 g/mol. The number of alkyl halides is 3. The molecule has 2 N–H and O–H groups in total. The van der Waals surface area contributed by atoms with Crippen molar-refractivity contribution in [3.63, 3.8) is 0 Å². The molecule has 0 unspecified atom stereocenters. The van der Waals surface area contributed by atoms with Crippen LogP contribution >= 0.6 is 11.6 Å². The molecular formula is C18H15ClF3N3O3. The van der Waals surface area contributed by atoms with Gasteiger partial charge in [-0.05, 0) is 23.8 Å². The highest BCUT2D eigenvalue weighted by Gasteiger charge is 2.44. The molecular weight excluding hydrogens is 399 g/mol. The summed E-state index contributed by atoms with van der Waals surface area (Å²) in [5.74, 6) is 0. The van der Waals surface area contributed by atoms with Crippen LogP contribution in [0, 0.1) is 0 Å². The highest BCUT2D eigenvalue weighted by molar-refractivity contribution is 6.33. The van der Waals surface area contributed by atoms with Crippen molar-refractivity contribution >= 4 is 22.6 Å². The molecule has 3 heterocycles. The molecule has 0 spiro atoms. The fraction of sp³-hybridized carbons (Fsp3) is 0.333. The first-order valence-electron chi connectivity index (χ1n) is 8.40. The average Bonchev–Trinajstić information content (AvgIpc) is 3.19. The number of hydrogen-bond donors (Lipinski definition) is 2. The summed E-state index contributed by atoms with van der Waals surface area (Å²) in [6, 6.07) is 6.28. The van der Waals surface area contributed by atoms with E-state index in [0.717, 1.165) is 12.1 Å². The second-order valence-corrected chi connectivity index (χ2v) is 6.93. The smallest absolute Gasteiger partial charge is 0.388 e. The Balaban J connectivity index is 1.55. The molecule has 28 heavy (non-hydrogen) atoms. The highest BCUT2D eigenvalue weighted by Crippen LogP contribution is 2.35. The van der Waals surface area contributed by atoms with Gasteiger partial charge in [-0.1, -0.05) is 23.7 Å². The number of halogens is 4. The Bertz CT molecular complexity index is 993. The van der Waals surface area contributed by atoms with E-state index >= 15 is 0 Å². The van der Waals surface area contributed by atoms with Gasteiger partial charge in [-0.2, -0.15) is 13.2 Å². The van der Waals surface area contributed by atoms with Gasteiger partial charge in [0, 0.05) is 12.6 Å². The summed E-state index contributed by atoms with van der Waals surface area (Å²) in [4.78, 5) is 8.02. The van der Waals surface area contributed by atoms with E-state index in [4.69, 9.17) is 16.3 Å². The molecule has 2 aromatic heterocycles. The molecule has 10 heteroatoms. The first kappa shape index (κ1) is 19.1. The number of benzene rings is 1. The van der Waals surface area contributed by atoms with Crippen LogP contribution in [0.1, 0.15) is 17.4 Å². The van der Waals surface area contributed by atoms with Gasteiger partial charge >= 0.3 is 6.18 Å². The standard InChI is InChI=1S/C18H15ClF3N3O3/c19-15-11-5-6-25(16(11)24-8-23-15)17-14(27)13(26)12(28-17)7-9-1-3-10(4-2-9)18(20,21)22/h1-6,8,12-14,17,26-27H,7H2/t12-,13-,14-,17-/m1/s1. The van der Waals surface area contributed by atoms with Crippen molar-refractivity contribution in [2.75, 3.05) is 0 Å². The lowest BCUT2D eigenvalue weighted by molar-refractivity contribution is -0.137. The number of hydrogen-bond acceptors (Lipinski definition) is 5. The molecule has 4 atom stereocenters. The van der Waals surface area contributed by atoms with Crippen LogP contribution in [0.25, 0.3) is 11.0 Å². The Morgan fingerprint density at radius 2 is 1.79 bits per heavy atom. The molecule has 0 radical (unpaired) electrons. The third kappa shape index (κ3) is 3.35. The lowest BCUT2D eigenvalue weighted by atomic mass is 10.0. The maximum Gasteiger partial charge on any atom is 0.416 e. The van der Waals surface area contributed by atoms with E-state index < -0.39 is 36.3 Å². The van der Waals surface area contributed by atoms with E-state index in [1.54, 1.807) is 16.8 Å². The molecule has 1 fully saturated rings. The second-order valence-electron chi connectivity index (χ2n) is 6.57. The van der Waals surface area contributed by atoms with E-state index in [1.807, 2.05) is 0 Å². The Labute approximate surface area is 162 Å². The number of fused-ring (bicyclic) bond motifs is 1. The molecule has 1 aliphatic heterocycles. The number of aromatic nitrogens is 3. The van der Waals surface area contributed by atoms with Crippen LogP contribution in [-0.4, -0.2) is 43.1 Å². The largest absolute Gasteiger partial charge is 0.416 e. The molecule has 3 aromatic rings. The van der Waals surface area contributed by atoms with E-state index in [0.29, 0.717) is 16.6 Å². The Morgan fingerprint density at radius 3 is 2.46 bits per heavy atom. The van der Waals surface area contributed by atoms with Crippen LogP contribution in [0.15, 0.2) is 42.9 Å². The van der Waals surface area contributed by atoms with Crippen LogP contribution in [0.4, 0.5) is 13.2 Å². The molecule has 0 bridgehead atoms. The predicted molar refractivity (Wildman–Crippen MR) is 93.6 cm³/mol. The first-order valence-corrected chi connectivity index (χ1v) is 8.78. The van der Waals surface area contributed by atoms with Crippen molar-refractivity contribution < 1.29 is 28.1 Å². The van der Waals surface area contributed by atoms with Crippen molar-refractivity contribution in [3.8, 4) is 0 Å². The summed E-state index contributed by atoms with van der Waals surface area (Å²) in [5, 5.41) is 21.6. The minimum Gasteiger partial charge on any atom is -0.388 e. The third-order valence-corrected chi connectivity index (χ3v) is 5.09. The van der Waals surface area contributed by atoms with Crippen molar-refractivity contribution in [2.24, 2.45) is 0 Å². The third-order valence-electron chi connectivity index (χ3n) is 4.79. The van der Waals surface area contributed by atoms with Crippen molar-refractivity contribution in [3.05, 3.63) is 59.1 Å². The van der Waals surface area contributed by atoms with Crippen LogP contribution in [0.3, 0.4) is 0 Å². The van der Waals surface area contributed by atoms with Gasteiger partial charge in [-0.3, -0.25) is 0 Å². The molecule has 1 aliphatic rings. The van der Waals surface area contributed by atoms with E-state index in [-0.39, 0.29) is 11.6 Å². The van der Waals surface area contributed by atoms with Crippen molar-refractivity contribution in [1.29, 1.82) is 0 Å². The van der Waals surface area contributed by atoms with E-state index in [1.165, 1.54) is 18.5 Å². The summed E-state index contributed by atoms with van der Waals surface area (Å²) in [5.41, 5.74) is 0.233. The lowest BCUT2D eigenvalue weighted by Gasteiger charge is -2.17. The highest BCUT2D eigenvalue weighted by atomic mass is 35.5. The normalized spacial score (nSPS) is 25.5. The van der Waals surface area contributed by atoms with Crippen LogP contribution in [0.2, 0.25) is 5.15 Å². The number of ether oxygens (including phenoxy) is 1. The first-order chi connectivity index (χ1) is 13.3. The van der Waals surface area contributed by atoms with E-state index in [2.05, 4.69) is 9.97 Å². The summed E-state index contributed by atoms with van der Waals surface area (Å²) in [6.07, 6.45) is -5.57. The summed E-state index contributed by atoms with van der Waals surface area (Å²) >= 11 is 6.03. The Hall–Kier alpha value is -2.20. The maximum absolute atomic E-state index is 12.7. The van der Waals surface area contributed by atoms with Gasteiger partial charge in [0.25, 0.3) is 0 Å². The SMILES string of the molecule is O[C@@H]1[C@H](O)[C@@H](Cc2ccc(C(F)(F)F)cc2)O[C@H]1n1ccc2c(Cl)ncnc21. The van der Waals surface area contributed by atoms with Crippen molar-refractivity contribution in [2.45, 2.75) is 37.1 Å². The zero-order chi connectivity index (χ0) is 20.1. The summed E-state index contributed by atoms with van der Waals surface area (Å²) in [7, 11) is 0. The van der Waals surface area contributed by atoms with Crippen LogP contribution in [-0.2, 0) is 17.3 Å². The quantitative estimate of drug-likeness (QED) is 0.645. The number of nitrogens with zero attached hydrogens (tertiary/aromatic N) is 3. The minimum absolute atomic E-state index is 0.141. The molecule has 1 aromatic carbocycles. The number of aliphatic hydroxyl groups excluding tert-OH is 2. The molecule has 0 amide bonds. The number of rotatable bonds is 3. The predicted octanol–water partition coefficient (Wildman–Crippen LogP) is 2.97. The molecule has 6 nitrogen and oxygen atoms in total. The molecule has 4 rings (SSSR count). The van der Waals surface area contributed by atoms with Gasteiger partial charge in [-0.15, -0.1) is 0 Å². The zero-order valence-corrected chi connectivity index (χ0v) is 15.0. The van der Waals surface area contributed by atoms with Gasteiger partial charge in [0.05, 0.1) is 17.1 Å². The van der Waals surface area contributed by atoms with Crippen LogP contribution < -0.4 is 0 Å². The summed E-state index contributed by atoms with van der Waals surface area (Å²) in [6.45, 7) is 0. The van der Waals surface area contributed by atoms with Gasteiger partial charge in [-0.25, -0.2) is 9.97 Å². The minimum atomic E-state index is -4.41. The Morgan fingerprint density at radius 1 is 1.07 bits per heavy atom. The maximum atomic E-state index is 12.7.